The smallest absolute Gasteiger partial charge is 0.225 e. The van der Waals surface area contributed by atoms with E-state index >= 15 is 0 Å². The average molecular weight is 225 g/mol. The van der Waals surface area contributed by atoms with Crippen LogP contribution in [0.1, 0.15) is 39.1 Å². The summed E-state index contributed by atoms with van der Waals surface area (Å²) in [6.45, 7) is 6.00. The first-order valence-corrected chi connectivity index (χ1v) is 5.41. The topological polar surface area (TPSA) is 62.5 Å². The van der Waals surface area contributed by atoms with E-state index in [0.29, 0.717) is 18.7 Å². The van der Waals surface area contributed by atoms with E-state index in [1.165, 1.54) is 6.26 Å². The fourth-order valence-electron chi connectivity index (χ4n) is 1.21. The second-order valence-corrected chi connectivity index (χ2v) is 4.83. The number of hydrogen-bond donors (Lipinski definition) is 2. The molecule has 0 aliphatic carbocycles. The largest absolute Gasteiger partial charge is 0.467 e. The van der Waals surface area contributed by atoms with Gasteiger partial charge in [0.15, 0.2) is 0 Å². The monoisotopic (exact) mass is 225 g/mol. The number of rotatable bonds is 4. The Labute approximate surface area is 95.7 Å². The Hall–Kier alpha value is -1.29. The first-order chi connectivity index (χ1) is 7.41. The summed E-state index contributed by atoms with van der Waals surface area (Å²) in [6, 6.07) is 3.45. The number of carbonyl (C=O) groups excluding carboxylic acids is 1. The molecule has 4 heteroatoms. The van der Waals surface area contributed by atoms with E-state index in [0.717, 1.165) is 0 Å². The van der Waals surface area contributed by atoms with Crippen LogP contribution in [0.4, 0.5) is 0 Å². The molecule has 16 heavy (non-hydrogen) atoms. The highest BCUT2D eigenvalue weighted by molar-refractivity contribution is 5.81. The highest BCUT2D eigenvalue weighted by Gasteiger charge is 2.21. The minimum absolute atomic E-state index is 0.0147. The molecule has 90 valence electrons. The van der Waals surface area contributed by atoms with Crippen LogP contribution in [0.25, 0.3) is 0 Å². The molecule has 0 aliphatic heterocycles. The van der Waals surface area contributed by atoms with E-state index in [1.807, 2.05) is 20.8 Å². The SMILES string of the molecule is CC(C)(C)C(=O)NCCC(O)c1ccco1. The van der Waals surface area contributed by atoms with E-state index in [-0.39, 0.29) is 5.91 Å². The van der Waals surface area contributed by atoms with Crippen molar-refractivity contribution in [3.8, 4) is 0 Å². The number of furan rings is 1. The molecule has 0 aliphatic rings. The quantitative estimate of drug-likeness (QED) is 0.822. The highest BCUT2D eigenvalue weighted by Crippen LogP contribution is 2.16. The minimum atomic E-state index is -0.657. The van der Waals surface area contributed by atoms with Crippen LogP contribution in [0.2, 0.25) is 0 Å². The van der Waals surface area contributed by atoms with Gasteiger partial charge in [-0.1, -0.05) is 20.8 Å². The highest BCUT2D eigenvalue weighted by atomic mass is 16.4. The Bertz CT molecular complexity index is 325. The van der Waals surface area contributed by atoms with E-state index in [9.17, 15) is 9.90 Å². The van der Waals surface area contributed by atoms with Crippen molar-refractivity contribution in [3.05, 3.63) is 24.2 Å². The van der Waals surface area contributed by atoms with Gasteiger partial charge in [0.1, 0.15) is 11.9 Å². The number of carbonyl (C=O) groups is 1. The molecular weight excluding hydrogens is 206 g/mol. The van der Waals surface area contributed by atoms with Gasteiger partial charge in [0.2, 0.25) is 5.91 Å². The molecule has 0 aromatic carbocycles. The molecule has 0 fully saturated rings. The number of hydrogen-bond acceptors (Lipinski definition) is 3. The third-order valence-electron chi connectivity index (χ3n) is 2.26. The van der Waals surface area contributed by atoms with Gasteiger partial charge < -0.3 is 14.8 Å². The van der Waals surface area contributed by atoms with Gasteiger partial charge in [-0.3, -0.25) is 4.79 Å². The number of amides is 1. The summed E-state index contributed by atoms with van der Waals surface area (Å²) in [5, 5.41) is 12.5. The predicted octanol–water partition coefficient (Wildman–Crippen LogP) is 1.87. The van der Waals surface area contributed by atoms with Crippen molar-refractivity contribution in [1.82, 2.24) is 5.32 Å². The fraction of sp³-hybridized carbons (Fsp3) is 0.583. The molecule has 1 heterocycles. The van der Waals surface area contributed by atoms with Crippen LogP contribution in [0.3, 0.4) is 0 Å². The van der Waals surface area contributed by atoms with Crippen LogP contribution in [0.5, 0.6) is 0 Å². The zero-order chi connectivity index (χ0) is 12.2. The van der Waals surface area contributed by atoms with Crippen LogP contribution in [-0.2, 0) is 4.79 Å². The van der Waals surface area contributed by atoms with Gasteiger partial charge >= 0.3 is 0 Å². The van der Waals surface area contributed by atoms with Gasteiger partial charge in [-0.05, 0) is 18.6 Å². The molecule has 0 radical (unpaired) electrons. The van der Waals surface area contributed by atoms with Crippen LogP contribution in [0, 0.1) is 5.41 Å². The Morgan fingerprint density at radius 3 is 2.75 bits per heavy atom. The number of aliphatic hydroxyl groups is 1. The van der Waals surface area contributed by atoms with E-state index in [2.05, 4.69) is 5.32 Å². The fourth-order valence-corrected chi connectivity index (χ4v) is 1.21. The van der Waals surface area contributed by atoms with Crippen molar-refractivity contribution in [2.24, 2.45) is 5.41 Å². The maximum absolute atomic E-state index is 11.5. The molecule has 1 amide bonds. The zero-order valence-corrected chi connectivity index (χ0v) is 9.99. The maximum Gasteiger partial charge on any atom is 0.225 e. The summed E-state index contributed by atoms with van der Waals surface area (Å²) in [5.74, 6) is 0.518. The first-order valence-electron chi connectivity index (χ1n) is 5.41. The Morgan fingerprint density at radius 2 is 2.25 bits per heavy atom. The van der Waals surface area contributed by atoms with Crippen molar-refractivity contribution in [2.45, 2.75) is 33.3 Å². The standard InChI is InChI=1S/C12H19NO3/c1-12(2,3)11(15)13-7-6-9(14)10-5-4-8-16-10/h4-5,8-9,14H,6-7H2,1-3H3,(H,13,15). The van der Waals surface area contributed by atoms with Crippen molar-refractivity contribution in [1.29, 1.82) is 0 Å². The van der Waals surface area contributed by atoms with Crippen molar-refractivity contribution in [2.75, 3.05) is 6.54 Å². The molecular formula is C12H19NO3. The lowest BCUT2D eigenvalue weighted by Crippen LogP contribution is -2.35. The first kappa shape index (κ1) is 12.8. The third-order valence-corrected chi connectivity index (χ3v) is 2.26. The summed E-state index contributed by atoms with van der Waals surface area (Å²) < 4.78 is 5.06. The lowest BCUT2D eigenvalue weighted by Gasteiger charge is -2.18. The zero-order valence-electron chi connectivity index (χ0n) is 9.99. The predicted molar refractivity (Wildman–Crippen MR) is 60.7 cm³/mol. The van der Waals surface area contributed by atoms with Crippen molar-refractivity contribution >= 4 is 5.91 Å². The Kier molecular flexibility index (Phi) is 4.12. The lowest BCUT2D eigenvalue weighted by atomic mass is 9.95. The van der Waals surface area contributed by atoms with E-state index < -0.39 is 11.5 Å². The molecule has 1 aromatic rings. The molecule has 0 bridgehead atoms. The molecule has 1 unspecified atom stereocenters. The van der Waals surface area contributed by atoms with E-state index in [1.54, 1.807) is 12.1 Å². The van der Waals surface area contributed by atoms with Gasteiger partial charge in [0, 0.05) is 12.0 Å². The van der Waals surface area contributed by atoms with Crippen LogP contribution in [0.15, 0.2) is 22.8 Å². The summed E-state index contributed by atoms with van der Waals surface area (Å²) in [7, 11) is 0. The Morgan fingerprint density at radius 1 is 1.56 bits per heavy atom. The second-order valence-electron chi connectivity index (χ2n) is 4.83. The molecule has 0 saturated heterocycles. The van der Waals surface area contributed by atoms with Crippen LogP contribution >= 0.6 is 0 Å². The summed E-state index contributed by atoms with van der Waals surface area (Å²) in [4.78, 5) is 11.5. The maximum atomic E-state index is 11.5. The average Bonchev–Trinajstić information content (AvgIpc) is 2.68. The summed E-state index contributed by atoms with van der Waals surface area (Å²) in [5.41, 5.74) is -0.393. The number of aliphatic hydroxyl groups excluding tert-OH is 1. The van der Waals surface area contributed by atoms with Gasteiger partial charge in [0.05, 0.1) is 6.26 Å². The van der Waals surface area contributed by atoms with E-state index in [4.69, 9.17) is 4.42 Å². The molecule has 4 nitrogen and oxygen atoms in total. The third kappa shape index (κ3) is 3.70. The molecule has 1 aromatic heterocycles. The van der Waals surface area contributed by atoms with Crippen LogP contribution < -0.4 is 5.32 Å². The molecule has 2 N–H and O–H groups in total. The van der Waals surface area contributed by atoms with Gasteiger partial charge in [-0.25, -0.2) is 0 Å². The summed E-state index contributed by atoms with van der Waals surface area (Å²) in [6.07, 6.45) is 1.32. The van der Waals surface area contributed by atoms with Crippen molar-refractivity contribution < 1.29 is 14.3 Å². The van der Waals surface area contributed by atoms with Crippen LogP contribution in [-0.4, -0.2) is 17.6 Å². The molecule has 0 saturated carbocycles. The van der Waals surface area contributed by atoms with Crippen molar-refractivity contribution in [3.63, 3.8) is 0 Å². The van der Waals surface area contributed by atoms with Gasteiger partial charge in [-0.2, -0.15) is 0 Å². The minimum Gasteiger partial charge on any atom is -0.467 e. The second kappa shape index (κ2) is 5.16. The summed E-state index contributed by atoms with van der Waals surface area (Å²) >= 11 is 0. The van der Waals surface area contributed by atoms with Gasteiger partial charge in [-0.15, -0.1) is 0 Å². The molecule has 0 spiro atoms. The van der Waals surface area contributed by atoms with Gasteiger partial charge in [0.25, 0.3) is 0 Å². The molecule has 1 rings (SSSR count). The normalized spacial score (nSPS) is 13.5. The molecule has 1 atom stereocenters. The number of nitrogens with one attached hydrogen (secondary N) is 1. The Balaban J connectivity index is 2.29. The lowest BCUT2D eigenvalue weighted by molar-refractivity contribution is -0.128.